The van der Waals surface area contributed by atoms with Crippen molar-refractivity contribution in [1.82, 2.24) is 4.90 Å². The molecule has 0 aliphatic carbocycles. The van der Waals surface area contributed by atoms with Gasteiger partial charge in [0.05, 0.1) is 14.2 Å². The fourth-order valence-corrected chi connectivity index (χ4v) is 3.48. The second-order valence-electron chi connectivity index (χ2n) is 6.35. The standard InChI is InChI=1S/C22H25NO4/c1-5-11-27-19-8-6-7-17(12-19)22(26-4)23-10-9-16-13-20(24-2)21(25-3)14-18(16)15-23/h1,6-8,12-14,22H,9-11,15H2,2-4H3. The molecule has 5 heteroatoms. The minimum Gasteiger partial charge on any atom is -0.493 e. The van der Waals surface area contributed by atoms with Crippen LogP contribution in [0.25, 0.3) is 0 Å². The third-order valence-electron chi connectivity index (χ3n) is 4.77. The van der Waals surface area contributed by atoms with Gasteiger partial charge in [-0.15, -0.1) is 6.42 Å². The summed E-state index contributed by atoms with van der Waals surface area (Å²) < 4.78 is 22.3. The summed E-state index contributed by atoms with van der Waals surface area (Å²) in [6, 6.07) is 12.0. The van der Waals surface area contributed by atoms with Gasteiger partial charge in [-0.2, -0.15) is 0 Å². The summed E-state index contributed by atoms with van der Waals surface area (Å²) in [4.78, 5) is 2.30. The number of rotatable bonds is 7. The SMILES string of the molecule is C#CCOc1cccc(C(OC)N2CCc3cc(OC)c(OC)cc3C2)c1. The van der Waals surface area contributed by atoms with Gasteiger partial charge in [-0.3, -0.25) is 4.90 Å². The van der Waals surface area contributed by atoms with E-state index in [4.69, 9.17) is 25.4 Å². The molecule has 0 radical (unpaired) electrons. The van der Waals surface area contributed by atoms with E-state index in [0.29, 0.717) is 0 Å². The Kier molecular flexibility index (Phi) is 6.23. The molecule has 0 spiro atoms. The third-order valence-corrected chi connectivity index (χ3v) is 4.77. The predicted octanol–water partition coefficient (Wildman–Crippen LogP) is 3.42. The van der Waals surface area contributed by atoms with E-state index >= 15 is 0 Å². The minimum absolute atomic E-state index is 0.166. The van der Waals surface area contributed by atoms with Crippen LogP contribution >= 0.6 is 0 Å². The predicted molar refractivity (Wildman–Crippen MR) is 104 cm³/mol. The molecule has 1 unspecified atom stereocenters. The number of terminal acetylenes is 1. The first kappa shape index (κ1) is 19.1. The maximum atomic E-state index is 5.83. The summed E-state index contributed by atoms with van der Waals surface area (Å²) in [5.41, 5.74) is 3.54. The molecular formula is C22H25NO4. The highest BCUT2D eigenvalue weighted by atomic mass is 16.5. The topological polar surface area (TPSA) is 40.2 Å². The first-order valence-corrected chi connectivity index (χ1v) is 8.87. The lowest BCUT2D eigenvalue weighted by atomic mass is 9.98. The Labute approximate surface area is 160 Å². The molecule has 27 heavy (non-hydrogen) atoms. The van der Waals surface area contributed by atoms with Gasteiger partial charge >= 0.3 is 0 Å². The van der Waals surface area contributed by atoms with Crippen molar-refractivity contribution in [1.29, 1.82) is 0 Å². The highest BCUT2D eigenvalue weighted by Gasteiger charge is 2.26. The molecular weight excluding hydrogens is 342 g/mol. The van der Waals surface area contributed by atoms with Gasteiger partial charge in [0.15, 0.2) is 11.5 Å². The number of ether oxygens (including phenoxy) is 4. The maximum absolute atomic E-state index is 5.83. The third kappa shape index (κ3) is 4.19. The van der Waals surface area contributed by atoms with Crippen LogP contribution in [0.2, 0.25) is 0 Å². The zero-order valence-corrected chi connectivity index (χ0v) is 16.0. The molecule has 142 valence electrons. The van der Waals surface area contributed by atoms with Crippen LogP contribution in [0.3, 0.4) is 0 Å². The lowest BCUT2D eigenvalue weighted by Crippen LogP contribution is -2.35. The second-order valence-corrected chi connectivity index (χ2v) is 6.35. The second kappa shape index (κ2) is 8.81. The van der Waals surface area contributed by atoms with E-state index in [9.17, 15) is 0 Å². The van der Waals surface area contributed by atoms with E-state index in [2.05, 4.69) is 23.0 Å². The Morgan fingerprint density at radius 2 is 1.81 bits per heavy atom. The molecule has 1 heterocycles. The van der Waals surface area contributed by atoms with Gasteiger partial charge in [-0.1, -0.05) is 18.1 Å². The Balaban J connectivity index is 1.83. The molecule has 0 saturated heterocycles. The average Bonchev–Trinajstić information content (AvgIpc) is 2.72. The summed E-state index contributed by atoms with van der Waals surface area (Å²) in [6.07, 6.45) is 6.03. The highest BCUT2D eigenvalue weighted by molar-refractivity contribution is 5.48. The largest absolute Gasteiger partial charge is 0.493 e. The molecule has 0 amide bonds. The summed E-state index contributed by atoms with van der Waals surface area (Å²) in [6.45, 7) is 1.90. The molecule has 2 aromatic carbocycles. The smallest absolute Gasteiger partial charge is 0.161 e. The van der Waals surface area contributed by atoms with Crippen LogP contribution in [-0.2, 0) is 17.7 Å². The van der Waals surface area contributed by atoms with Crippen LogP contribution < -0.4 is 14.2 Å². The number of hydrogen-bond donors (Lipinski definition) is 0. The first-order valence-electron chi connectivity index (χ1n) is 8.87. The summed E-state index contributed by atoms with van der Waals surface area (Å²) in [5.74, 6) is 4.75. The van der Waals surface area contributed by atoms with E-state index in [-0.39, 0.29) is 12.8 Å². The molecule has 0 bridgehead atoms. The zero-order chi connectivity index (χ0) is 19.2. The van der Waals surface area contributed by atoms with Crippen molar-refractivity contribution in [2.75, 3.05) is 34.5 Å². The van der Waals surface area contributed by atoms with Crippen molar-refractivity contribution >= 4 is 0 Å². The normalized spacial score (nSPS) is 14.7. The summed E-state index contributed by atoms with van der Waals surface area (Å²) >= 11 is 0. The Morgan fingerprint density at radius 1 is 1.07 bits per heavy atom. The molecule has 1 aliphatic heterocycles. The van der Waals surface area contributed by atoms with Gasteiger partial charge in [0.25, 0.3) is 0 Å². The Bertz CT molecular complexity index is 828. The molecule has 0 fully saturated rings. The zero-order valence-electron chi connectivity index (χ0n) is 16.0. The van der Waals surface area contributed by atoms with Gasteiger partial charge in [-0.25, -0.2) is 0 Å². The fraction of sp³-hybridized carbons (Fsp3) is 0.364. The van der Waals surface area contributed by atoms with Gasteiger partial charge in [0.1, 0.15) is 18.6 Å². The Morgan fingerprint density at radius 3 is 2.48 bits per heavy atom. The minimum atomic E-state index is -0.166. The van der Waals surface area contributed by atoms with Crippen LogP contribution in [0.5, 0.6) is 17.2 Å². The van der Waals surface area contributed by atoms with Crippen molar-refractivity contribution in [3.05, 3.63) is 53.1 Å². The van der Waals surface area contributed by atoms with Crippen LogP contribution in [-0.4, -0.2) is 39.4 Å². The van der Waals surface area contributed by atoms with Crippen molar-refractivity contribution in [2.45, 2.75) is 19.2 Å². The monoisotopic (exact) mass is 367 g/mol. The fourth-order valence-electron chi connectivity index (χ4n) is 3.48. The van der Waals surface area contributed by atoms with Crippen LogP contribution in [0.1, 0.15) is 22.9 Å². The van der Waals surface area contributed by atoms with E-state index in [1.165, 1.54) is 11.1 Å². The van der Waals surface area contributed by atoms with Crippen molar-refractivity contribution < 1.29 is 18.9 Å². The van der Waals surface area contributed by atoms with E-state index in [1.807, 2.05) is 24.3 Å². The molecule has 5 nitrogen and oxygen atoms in total. The van der Waals surface area contributed by atoms with Gasteiger partial charge in [0.2, 0.25) is 0 Å². The van der Waals surface area contributed by atoms with Crippen molar-refractivity contribution in [3.8, 4) is 29.6 Å². The molecule has 0 N–H and O–H groups in total. The number of benzene rings is 2. The molecule has 3 rings (SSSR count). The summed E-state index contributed by atoms with van der Waals surface area (Å²) in [5, 5.41) is 0. The van der Waals surface area contributed by atoms with Crippen molar-refractivity contribution in [3.63, 3.8) is 0 Å². The number of methoxy groups -OCH3 is 3. The van der Waals surface area contributed by atoms with Crippen LogP contribution in [0.15, 0.2) is 36.4 Å². The number of fused-ring (bicyclic) bond motifs is 1. The highest BCUT2D eigenvalue weighted by Crippen LogP contribution is 2.36. The molecule has 0 aromatic heterocycles. The quantitative estimate of drug-likeness (QED) is 0.702. The van der Waals surface area contributed by atoms with Gasteiger partial charge in [0, 0.05) is 20.2 Å². The van der Waals surface area contributed by atoms with E-state index in [1.54, 1.807) is 21.3 Å². The Hall–Kier alpha value is -2.68. The maximum Gasteiger partial charge on any atom is 0.161 e. The lowest BCUT2D eigenvalue weighted by molar-refractivity contribution is -0.0429. The number of hydrogen-bond acceptors (Lipinski definition) is 5. The molecule has 0 saturated carbocycles. The molecule has 2 aromatic rings. The average molecular weight is 367 g/mol. The molecule has 1 aliphatic rings. The van der Waals surface area contributed by atoms with Crippen molar-refractivity contribution in [2.24, 2.45) is 0 Å². The van der Waals surface area contributed by atoms with Gasteiger partial charge in [-0.05, 0) is 47.4 Å². The van der Waals surface area contributed by atoms with Crippen LogP contribution in [0, 0.1) is 12.3 Å². The van der Waals surface area contributed by atoms with Crippen LogP contribution in [0.4, 0.5) is 0 Å². The van der Waals surface area contributed by atoms with E-state index < -0.39 is 0 Å². The number of nitrogens with zero attached hydrogens (tertiary/aromatic N) is 1. The molecule has 1 atom stereocenters. The van der Waals surface area contributed by atoms with Gasteiger partial charge < -0.3 is 18.9 Å². The first-order chi connectivity index (χ1) is 13.2. The lowest BCUT2D eigenvalue weighted by Gasteiger charge is -2.35. The summed E-state index contributed by atoms with van der Waals surface area (Å²) in [7, 11) is 5.05. The van der Waals surface area contributed by atoms with E-state index in [0.717, 1.165) is 42.3 Å².